The quantitative estimate of drug-likeness (QED) is 0.475. The zero-order valence-electron chi connectivity index (χ0n) is 14.9. The summed E-state index contributed by atoms with van der Waals surface area (Å²) in [6, 6.07) is 10.5. The summed E-state index contributed by atoms with van der Waals surface area (Å²) in [5, 5.41) is 1.12. The second-order valence-electron chi connectivity index (χ2n) is 6.43. The maximum atomic E-state index is 12.7. The Hall–Kier alpha value is -3.52. The molecule has 0 amide bonds. The third kappa shape index (κ3) is 3.07. The minimum Gasteiger partial charge on any atom is -0.459 e. The van der Waals surface area contributed by atoms with Crippen molar-refractivity contribution in [3.05, 3.63) is 63.7 Å². The molecule has 29 heavy (non-hydrogen) atoms. The van der Waals surface area contributed by atoms with Crippen LogP contribution in [0.3, 0.4) is 0 Å². The van der Waals surface area contributed by atoms with Gasteiger partial charge in [-0.3, -0.25) is 14.2 Å². The molecule has 2 aromatic heterocycles. The van der Waals surface area contributed by atoms with Gasteiger partial charge in [0.05, 0.1) is 11.3 Å². The number of carbonyl (C=O) groups is 1. The first kappa shape index (κ1) is 17.6. The second kappa shape index (κ2) is 6.82. The molecule has 0 unspecified atom stereocenters. The first-order chi connectivity index (χ1) is 14.1. The SMILES string of the molecule is O=C(Cn1cnc2c(oc3ccccc32)c1=O)OCc1cc(Cl)c2c(c1)OCO2. The van der Waals surface area contributed by atoms with E-state index in [-0.39, 0.29) is 25.5 Å². The van der Waals surface area contributed by atoms with Crippen LogP contribution < -0.4 is 15.0 Å². The van der Waals surface area contributed by atoms with Crippen molar-refractivity contribution in [3.8, 4) is 11.5 Å². The summed E-state index contributed by atoms with van der Waals surface area (Å²) < 4.78 is 22.6. The Morgan fingerprint density at radius 1 is 1.24 bits per heavy atom. The summed E-state index contributed by atoms with van der Waals surface area (Å²) in [6.45, 7) is -0.222. The van der Waals surface area contributed by atoms with Gasteiger partial charge in [0.15, 0.2) is 11.5 Å². The Morgan fingerprint density at radius 3 is 3.00 bits per heavy atom. The monoisotopic (exact) mass is 412 g/mol. The topological polar surface area (TPSA) is 92.8 Å². The van der Waals surface area contributed by atoms with E-state index in [4.69, 9.17) is 30.2 Å². The van der Waals surface area contributed by atoms with Gasteiger partial charge in [0, 0.05) is 5.39 Å². The van der Waals surface area contributed by atoms with Crippen molar-refractivity contribution in [2.45, 2.75) is 13.2 Å². The molecule has 0 radical (unpaired) electrons. The van der Waals surface area contributed by atoms with E-state index in [1.807, 2.05) is 18.2 Å². The standard InChI is InChI=1S/C20H13ClN2O6/c21-13-5-11(6-15-18(13)28-10-27-15)8-26-16(24)7-23-9-22-17-12-3-1-2-4-14(12)29-19(17)20(23)25/h1-6,9H,7-8,10H2. The maximum absolute atomic E-state index is 12.7. The molecule has 9 heteroatoms. The van der Waals surface area contributed by atoms with E-state index in [2.05, 4.69) is 4.98 Å². The highest BCUT2D eigenvalue weighted by atomic mass is 35.5. The number of rotatable bonds is 4. The lowest BCUT2D eigenvalue weighted by Gasteiger charge is -2.08. The first-order valence-electron chi connectivity index (χ1n) is 8.70. The Balaban J connectivity index is 1.34. The van der Waals surface area contributed by atoms with Gasteiger partial charge < -0.3 is 18.6 Å². The molecule has 0 aliphatic carbocycles. The van der Waals surface area contributed by atoms with Crippen molar-refractivity contribution in [1.29, 1.82) is 0 Å². The lowest BCUT2D eigenvalue weighted by Crippen LogP contribution is -2.25. The first-order valence-corrected chi connectivity index (χ1v) is 9.08. The molecule has 8 nitrogen and oxygen atoms in total. The fourth-order valence-corrected chi connectivity index (χ4v) is 3.47. The molecule has 0 saturated heterocycles. The molecule has 0 fully saturated rings. The van der Waals surface area contributed by atoms with Gasteiger partial charge in [-0.15, -0.1) is 0 Å². The van der Waals surface area contributed by atoms with Gasteiger partial charge in [-0.05, 0) is 29.8 Å². The Bertz CT molecular complexity index is 1330. The number of halogens is 1. The van der Waals surface area contributed by atoms with Crippen LogP contribution in [0.1, 0.15) is 5.56 Å². The van der Waals surface area contributed by atoms with E-state index in [0.29, 0.717) is 33.2 Å². The van der Waals surface area contributed by atoms with Crippen molar-refractivity contribution in [3.63, 3.8) is 0 Å². The number of hydrogen-bond donors (Lipinski definition) is 0. The van der Waals surface area contributed by atoms with E-state index >= 15 is 0 Å². The molecule has 0 atom stereocenters. The molecule has 2 aromatic carbocycles. The second-order valence-corrected chi connectivity index (χ2v) is 6.83. The predicted molar refractivity (Wildman–Crippen MR) is 103 cm³/mol. The van der Waals surface area contributed by atoms with Gasteiger partial charge >= 0.3 is 5.97 Å². The molecule has 0 spiro atoms. The molecule has 1 aliphatic rings. The number of nitrogens with zero attached hydrogens (tertiary/aromatic N) is 2. The summed E-state index contributed by atoms with van der Waals surface area (Å²) in [5.41, 5.74) is 1.32. The van der Waals surface area contributed by atoms with E-state index in [1.165, 1.54) is 6.33 Å². The van der Waals surface area contributed by atoms with Crippen molar-refractivity contribution in [2.24, 2.45) is 0 Å². The smallest absolute Gasteiger partial charge is 0.326 e. The van der Waals surface area contributed by atoms with Gasteiger partial charge in [0.25, 0.3) is 5.56 Å². The van der Waals surface area contributed by atoms with Crippen LogP contribution in [-0.2, 0) is 22.7 Å². The fraction of sp³-hybridized carbons (Fsp3) is 0.150. The molecular formula is C20H13ClN2O6. The molecule has 3 heterocycles. The van der Waals surface area contributed by atoms with Crippen molar-refractivity contribution >= 4 is 39.6 Å². The number of esters is 1. The predicted octanol–water partition coefficient (Wildman–Crippen LogP) is 3.27. The largest absolute Gasteiger partial charge is 0.459 e. The summed E-state index contributed by atoms with van der Waals surface area (Å²) in [6.07, 6.45) is 1.31. The fourth-order valence-electron chi connectivity index (χ4n) is 3.18. The van der Waals surface area contributed by atoms with Crippen LogP contribution in [0.5, 0.6) is 11.5 Å². The number of ether oxygens (including phenoxy) is 3. The summed E-state index contributed by atoms with van der Waals surface area (Å²) in [7, 11) is 0. The van der Waals surface area contributed by atoms with E-state index in [1.54, 1.807) is 18.2 Å². The van der Waals surface area contributed by atoms with Gasteiger partial charge in [-0.2, -0.15) is 0 Å². The van der Waals surface area contributed by atoms with Crippen molar-refractivity contribution in [2.75, 3.05) is 6.79 Å². The molecule has 5 rings (SSSR count). The van der Waals surface area contributed by atoms with E-state index in [0.717, 1.165) is 9.95 Å². The normalized spacial score (nSPS) is 12.6. The van der Waals surface area contributed by atoms with Crippen molar-refractivity contribution < 1.29 is 23.4 Å². The number of aromatic nitrogens is 2. The number of benzene rings is 2. The number of hydrogen-bond acceptors (Lipinski definition) is 7. The van der Waals surface area contributed by atoms with E-state index in [9.17, 15) is 9.59 Å². The Morgan fingerprint density at radius 2 is 2.10 bits per heavy atom. The lowest BCUT2D eigenvalue weighted by atomic mass is 10.2. The van der Waals surface area contributed by atoms with Crippen LogP contribution in [0.2, 0.25) is 5.02 Å². The minimum absolute atomic E-state index is 0.0236. The Labute approximate surface area is 168 Å². The van der Waals surface area contributed by atoms with Crippen molar-refractivity contribution in [1.82, 2.24) is 9.55 Å². The third-order valence-electron chi connectivity index (χ3n) is 4.54. The minimum atomic E-state index is -0.599. The molecule has 1 aliphatic heterocycles. The van der Waals surface area contributed by atoms with Gasteiger partial charge in [-0.1, -0.05) is 23.7 Å². The zero-order chi connectivity index (χ0) is 20.0. The lowest BCUT2D eigenvalue weighted by molar-refractivity contribution is -0.145. The molecule has 0 N–H and O–H groups in total. The van der Waals surface area contributed by atoms with Gasteiger partial charge in [-0.25, -0.2) is 4.98 Å². The molecule has 4 aromatic rings. The highest BCUT2D eigenvalue weighted by Crippen LogP contribution is 2.39. The van der Waals surface area contributed by atoms with Crippen LogP contribution in [-0.4, -0.2) is 22.3 Å². The maximum Gasteiger partial charge on any atom is 0.326 e. The molecule has 146 valence electrons. The van der Waals surface area contributed by atoms with Crippen LogP contribution >= 0.6 is 11.6 Å². The third-order valence-corrected chi connectivity index (χ3v) is 4.82. The average Bonchev–Trinajstić information content (AvgIpc) is 3.34. The number of furan rings is 1. The van der Waals surface area contributed by atoms with Gasteiger partial charge in [0.2, 0.25) is 12.4 Å². The zero-order valence-corrected chi connectivity index (χ0v) is 15.6. The van der Waals surface area contributed by atoms with Crippen LogP contribution in [0.15, 0.2) is 51.9 Å². The summed E-state index contributed by atoms with van der Waals surface area (Å²) in [5.74, 6) is 0.371. The van der Waals surface area contributed by atoms with Gasteiger partial charge in [0.1, 0.15) is 24.3 Å². The van der Waals surface area contributed by atoms with E-state index < -0.39 is 11.5 Å². The van der Waals surface area contributed by atoms with Crippen LogP contribution in [0, 0.1) is 0 Å². The molecule has 0 bridgehead atoms. The summed E-state index contributed by atoms with van der Waals surface area (Å²) >= 11 is 6.12. The van der Waals surface area contributed by atoms with Crippen LogP contribution in [0.25, 0.3) is 22.1 Å². The number of para-hydroxylation sites is 1. The van der Waals surface area contributed by atoms with Crippen LogP contribution in [0.4, 0.5) is 0 Å². The number of carbonyl (C=O) groups excluding carboxylic acids is 1. The molecule has 0 saturated carbocycles. The summed E-state index contributed by atoms with van der Waals surface area (Å²) in [4.78, 5) is 29.2. The average molecular weight is 413 g/mol. The highest BCUT2D eigenvalue weighted by Gasteiger charge is 2.19. The number of fused-ring (bicyclic) bond motifs is 4. The molecular weight excluding hydrogens is 400 g/mol. The highest BCUT2D eigenvalue weighted by molar-refractivity contribution is 6.32. The Kier molecular flexibility index (Phi) is 4.13.